The fourth-order valence-electron chi connectivity index (χ4n) is 2.95. The SMILES string of the molecule is O=C(NO)c1cc(-c2[nH]c(-c3ccccc3)nc2-c2ccncc2)ccc1Cl. The number of benzene rings is 2. The summed E-state index contributed by atoms with van der Waals surface area (Å²) in [4.78, 5) is 24.1. The zero-order valence-corrected chi connectivity index (χ0v) is 15.3. The highest BCUT2D eigenvalue weighted by molar-refractivity contribution is 6.34. The molecule has 6 nitrogen and oxygen atoms in total. The third kappa shape index (κ3) is 3.38. The van der Waals surface area contributed by atoms with Gasteiger partial charge >= 0.3 is 0 Å². The van der Waals surface area contributed by atoms with Gasteiger partial charge in [0, 0.05) is 29.1 Å². The Balaban J connectivity index is 1.91. The van der Waals surface area contributed by atoms with Crippen LogP contribution in [0.25, 0.3) is 33.9 Å². The first-order valence-corrected chi connectivity index (χ1v) is 8.85. The van der Waals surface area contributed by atoms with E-state index < -0.39 is 5.91 Å². The summed E-state index contributed by atoms with van der Waals surface area (Å²) < 4.78 is 0. The van der Waals surface area contributed by atoms with Crippen LogP contribution in [0.2, 0.25) is 5.02 Å². The lowest BCUT2D eigenvalue weighted by atomic mass is 10.0. The van der Waals surface area contributed by atoms with Gasteiger partial charge in [-0.25, -0.2) is 10.5 Å². The molecule has 138 valence electrons. The Kier molecular flexibility index (Phi) is 4.89. The maximum absolute atomic E-state index is 11.9. The molecule has 0 fully saturated rings. The zero-order chi connectivity index (χ0) is 19.5. The van der Waals surface area contributed by atoms with Gasteiger partial charge in [0.15, 0.2) is 0 Å². The van der Waals surface area contributed by atoms with Crippen LogP contribution in [-0.4, -0.2) is 26.1 Å². The molecule has 2 aromatic carbocycles. The van der Waals surface area contributed by atoms with Crippen LogP contribution < -0.4 is 5.48 Å². The smallest absolute Gasteiger partial charge is 0.276 e. The van der Waals surface area contributed by atoms with Crippen molar-refractivity contribution in [1.29, 1.82) is 0 Å². The molecule has 3 N–H and O–H groups in total. The van der Waals surface area contributed by atoms with Crippen molar-refractivity contribution in [3.05, 3.63) is 83.6 Å². The summed E-state index contributed by atoms with van der Waals surface area (Å²) in [5.74, 6) is 0.0191. The average Bonchev–Trinajstić information content (AvgIpc) is 3.20. The van der Waals surface area contributed by atoms with Crippen LogP contribution in [0.15, 0.2) is 73.1 Å². The quantitative estimate of drug-likeness (QED) is 0.351. The number of carbonyl (C=O) groups excluding carboxylic acids is 1. The molecule has 2 heterocycles. The normalized spacial score (nSPS) is 10.6. The molecule has 4 aromatic rings. The van der Waals surface area contributed by atoms with E-state index in [2.05, 4.69) is 9.97 Å². The first kappa shape index (κ1) is 17.9. The topological polar surface area (TPSA) is 90.9 Å². The van der Waals surface area contributed by atoms with Crippen molar-refractivity contribution >= 4 is 17.5 Å². The molecule has 28 heavy (non-hydrogen) atoms. The molecule has 0 unspecified atom stereocenters. The Labute approximate surface area is 165 Å². The number of H-pyrrole nitrogens is 1. The molecular weight excluding hydrogens is 376 g/mol. The van der Waals surface area contributed by atoms with Crippen LogP contribution in [-0.2, 0) is 0 Å². The maximum Gasteiger partial charge on any atom is 0.276 e. The zero-order valence-electron chi connectivity index (χ0n) is 14.6. The van der Waals surface area contributed by atoms with Gasteiger partial charge in [-0.1, -0.05) is 48.0 Å². The predicted octanol–water partition coefficient (Wildman–Crippen LogP) is 4.58. The van der Waals surface area contributed by atoms with Crippen LogP contribution in [0, 0.1) is 0 Å². The maximum atomic E-state index is 11.9. The monoisotopic (exact) mass is 390 g/mol. The van der Waals surface area contributed by atoms with E-state index in [0.29, 0.717) is 11.4 Å². The predicted molar refractivity (Wildman–Crippen MR) is 107 cm³/mol. The lowest BCUT2D eigenvalue weighted by Crippen LogP contribution is -2.19. The number of amides is 1. The lowest BCUT2D eigenvalue weighted by Gasteiger charge is -2.07. The van der Waals surface area contributed by atoms with Crippen LogP contribution in [0.3, 0.4) is 0 Å². The van der Waals surface area contributed by atoms with Crippen LogP contribution in [0.4, 0.5) is 0 Å². The molecule has 2 aromatic heterocycles. The van der Waals surface area contributed by atoms with Crippen molar-refractivity contribution in [1.82, 2.24) is 20.4 Å². The molecule has 0 saturated heterocycles. The van der Waals surface area contributed by atoms with E-state index in [1.807, 2.05) is 42.5 Å². The summed E-state index contributed by atoms with van der Waals surface area (Å²) in [6.45, 7) is 0. The summed E-state index contributed by atoms with van der Waals surface area (Å²) in [5.41, 5.74) is 5.77. The highest BCUT2D eigenvalue weighted by Crippen LogP contribution is 2.34. The fraction of sp³-hybridized carbons (Fsp3) is 0. The Morgan fingerprint density at radius 3 is 2.43 bits per heavy atom. The number of hydroxylamine groups is 1. The van der Waals surface area contributed by atoms with Gasteiger partial charge in [-0.2, -0.15) is 0 Å². The van der Waals surface area contributed by atoms with Gasteiger partial charge in [0.1, 0.15) is 5.82 Å². The van der Waals surface area contributed by atoms with Gasteiger partial charge in [0.2, 0.25) is 0 Å². The van der Waals surface area contributed by atoms with Crippen LogP contribution >= 0.6 is 11.6 Å². The molecule has 0 saturated carbocycles. The number of carbonyl (C=O) groups is 1. The summed E-state index contributed by atoms with van der Waals surface area (Å²) in [5, 5.41) is 9.21. The van der Waals surface area contributed by atoms with Crippen molar-refractivity contribution in [2.24, 2.45) is 0 Å². The molecule has 0 bridgehead atoms. The third-order valence-corrected chi connectivity index (χ3v) is 4.64. The largest absolute Gasteiger partial charge is 0.337 e. The van der Waals surface area contributed by atoms with E-state index in [1.165, 1.54) is 0 Å². The number of hydrogen-bond donors (Lipinski definition) is 3. The van der Waals surface area contributed by atoms with Crippen molar-refractivity contribution < 1.29 is 10.0 Å². The Morgan fingerprint density at radius 2 is 1.71 bits per heavy atom. The minimum atomic E-state index is -0.680. The van der Waals surface area contributed by atoms with E-state index >= 15 is 0 Å². The summed E-state index contributed by atoms with van der Waals surface area (Å²) >= 11 is 6.11. The molecule has 0 radical (unpaired) electrons. The van der Waals surface area contributed by atoms with Crippen molar-refractivity contribution in [2.45, 2.75) is 0 Å². The van der Waals surface area contributed by atoms with Gasteiger partial charge in [0.25, 0.3) is 5.91 Å². The third-order valence-electron chi connectivity index (χ3n) is 4.31. The van der Waals surface area contributed by atoms with Gasteiger partial charge in [-0.3, -0.25) is 15.0 Å². The molecular formula is C21H15ClN4O2. The van der Waals surface area contributed by atoms with Crippen LogP contribution in [0.1, 0.15) is 10.4 Å². The number of halogens is 1. The van der Waals surface area contributed by atoms with Crippen molar-refractivity contribution in [3.8, 4) is 33.9 Å². The second-order valence-corrected chi connectivity index (χ2v) is 6.45. The Hall–Kier alpha value is -3.48. The number of imidazole rings is 1. The van der Waals surface area contributed by atoms with Gasteiger partial charge < -0.3 is 4.98 Å². The average molecular weight is 391 g/mol. The number of aromatic nitrogens is 3. The molecule has 7 heteroatoms. The molecule has 1 amide bonds. The van der Waals surface area contributed by atoms with Gasteiger partial charge in [0.05, 0.1) is 22.0 Å². The number of nitrogens with zero attached hydrogens (tertiary/aromatic N) is 2. The Morgan fingerprint density at radius 1 is 0.964 bits per heavy atom. The fourth-order valence-corrected chi connectivity index (χ4v) is 3.15. The van der Waals surface area contributed by atoms with E-state index in [9.17, 15) is 4.79 Å². The van der Waals surface area contributed by atoms with Gasteiger partial charge in [-0.15, -0.1) is 0 Å². The van der Waals surface area contributed by atoms with Crippen molar-refractivity contribution in [2.75, 3.05) is 0 Å². The highest BCUT2D eigenvalue weighted by atomic mass is 35.5. The molecule has 0 aliphatic rings. The standard InChI is InChI=1S/C21H15ClN4O2/c22-17-7-6-15(12-16(17)21(27)26-28)19-18(13-8-10-23-11-9-13)24-20(25-19)14-4-2-1-3-5-14/h1-12,28H,(H,24,25)(H,26,27). The highest BCUT2D eigenvalue weighted by Gasteiger charge is 2.18. The van der Waals surface area contributed by atoms with Crippen LogP contribution in [0.5, 0.6) is 0 Å². The van der Waals surface area contributed by atoms with Gasteiger partial charge in [-0.05, 0) is 24.3 Å². The molecule has 0 aliphatic carbocycles. The number of pyridine rings is 1. The molecule has 0 atom stereocenters. The second-order valence-electron chi connectivity index (χ2n) is 6.05. The lowest BCUT2D eigenvalue weighted by molar-refractivity contribution is 0.0706. The van der Waals surface area contributed by atoms with E-state index in [0.717, 1.165) is 22.5 Å². The van der Waals surface area contributed by atoms with Crippen molar-refractivity contribution in [3.63, 3.8) is 0 Å². The van der Waals surface area contributed by atoms with E-state index in [-0.39, 0.29) is 10.6 Å². The summed E-state index contributed by atoms with van der Waals surface area (Å²) in [7, 11) is 0. The first-order chi connectivity index (χ1) is 13.7. The number of rotatable bonds is 4. The minimum absolute atomic E-state index is 0.165. The Bertz CT molecular complexity index is 1130. The summed E-state index contributed by atoms with van der Waals surface area (Å²) in [6.07, 6.45) is 3.39. The first-order valence-electron chi connectivity index (χ1n) is 8.47. The summed E-state index contributed by atoms with van der Waals surface area (Å²) in [6, 6.07) is 18.5. The van der Waals surface area contributed by atoms with E-state index in [4.69, 9.17) is 21.8 Å². The number of hydrogen-bond acceptors (Lipinski definition) is 4. The molecule has 0 spiro atoms. The minimum Gasteiger partial charge on any atom is -0.337 e. The second kappa shape index (κ2) is 7.64. The van der Waals surface area contributed by atoms with E-state index in [1.54, 1.807) is 36.1 Å². The molecule has 0 aliphatic heterocycles. The molecule has 4 rings (SSSR count). The number of aromatic amines is 1. The number of nitrogens with one attached hydrogen (secondary N) is 2.